The number of aromatic nitrogens is 1. The number of hydrogen-bond donors (Lipinski definition) is 0. The van der Waals surface area contributed by atoms with E-state index in [1.165, 1.54) is 0 Å². The van der Waals surface area contributed by atoms with E-state index in [0.717, 1.165) is 22.0 Å². The molecule has 0 amide bonds. The minimum Gasteiger partial charge on any atom is -0.350 e. The molecule has 0 radical (unpaired) electrons. The second-order valence-electron chi connectivity index (χ2n) is 4.12. The largest absolute Gasteiger partial charge is 0.350 e. The van der Waals surface area contributed by atoms with Crippen LogP contribution in [0.4, 0.5) is 0 Å². The lowest BCUT2D eigenvalue weighted by Gasteiger charge is -2.05. The third-order valence-electron chi connectivity index (χ3n) is 2.93. The second-order valence-corrected chi connectivity index (χ2v) is 4.53. The number of allylic oxidation sites excluding steroid dienone is 1. The Kier molecular flexibility index (Phi) is 3.07. The average molecular weight is 248 g/mol. The molecule has 2 aromatic rings. The average Bonchev–Trinajstić information content (AvgIpc) is 2.61. The fraction of sp³-hybridized carbons (Fsp3) is 0.214. The van der Waals surface area contributed by atoms with Crippen LogP contribution in [-0.4, -0.2) is 10.4 Å². The van der Waals surface area contributed by atoms with Crippen LogP contribution in [0.1, 0.15) is 22.8 Å². The van der Waals surface area contributed by atoms with Crippen LogP contribution < -0.4 is 0 Å². The number of carbonyl (C=O) groups is 1. The number of hydrogen-bond acceptors (Lipinski definition) is 1. The fourth-order valence-electron chi connectivity index (χ4n) is 2.14. The topological polar surface area (TPSA) is 22.0 Å². The fourth-order valence-corrected chi connectivity index (χ4v) is 2.38. The van der Waals surface area contributed by atoms with E-state index in [0.29, 0.717) is 11.4 Å². The molecule has 0 saturated heterocycles. The van der Waals surface area contributed by atoms with Gasteiger partial charge < -0.3 is 4.57 Å². The molecule has 0 aliphatic rings. The molecular formula is C14H14ClNO. The van der Waals surface area contributed by atoms with E-state index in [1.807, 2.05) is 29.9 Å². The van der Waals surface area contributed by atoms with Crippen LogP contribution in [0.2, 0.25) is 5.02 Å². The van der Waals surface area contributed by atoms with Gasteiger partial charge >= 0.3 is 0 Å². The Balaban J connectivity index is 2.89. The van der Waals surface area contributed by atoms with Crippen LogP contribution in [0.5, 0.6) is 0 Å². The molecule has 0 aliphatic heterocycles. The summed E-state index contributed by atoms with van der Waals surface area (Å²) in [5.41, 5.74) is 2.73. The Morgan fingerprint density at radius 2 is 2.24 bits per heavy atom. The summed E-state index contributed by atoms with van der Waals surface area (Å²) in [6, 6.07) is 3.81. The molecule has 0 spiro atoms. The molecule has 0 saturated carbocycles. The van der Waals surface area contributed by atoms with Gasteiger partial charge in [-0.1, -0.05) is 17.7 Å². The maximum atomic E-state index is 11.7. The smallest absolute Gasteiger partial charge is 0.161 e. The second kappa shape index (κ2) is 4.38. The molecule has 0 bridgehead atoms. The highest BCUT2D eigenvalue weighted by atomic mass is 35.5. The zero-order valence-electron chi connectivity index (χ0n) is 9.96. The highest BCUT2D eigenvalue weighted by molar-refractivity contribution is 6.32. The van der Waals surface area contributed by atoms with E-state index < -0.39 is 0 Å². The molecule has 2 rings (SSSR count). The Bertz CT molecular complexity index is 610. The minimum absolute atomic E-state index is 0.0585. The van der Waals surface area contributed by atoms with Crippen molar-refractivity contribution in [3.63, 3.8) is 0 Å². The van der Waals surface area contributed by atoms with Crippen LogP contribution in [-0.2, 0) is 13.5 Å². The predicted molar refractivity (Wildman–Crippen MR) is 71.8 cm³/mol. The quantitative estimate of drug-likeness (QED) is 0.598. The first-order valence-electron chi connectivity index (χ1n) is 5.44. The molecule has 0 unspecified atom stereocenters. The number of nitrogens with zero attached hydrogens (tertiary/aromatic N) is 1. The van der Waals surface area contributed by atoms with Gasteiger partial charge in [-0.3, -0.25) is 4.79 Å². The first-order valence-corrected chi connectivity index (χ1v) is 5.82. The van der Waals surface area contributed by atoms with Gasteiger partial charge in [0.25, 0.3) is 0 Å². The van der Waals surface area contributed by atoms with Gasteiger partial charge in [0, 0.05) is 34.7 Å². The van der Waals surface area contributed by atoms with Crippen molar-refractivity contribution in [1.82, 2.24) is 4.57 Å². The summed E-state index contributed by atoms with van der Waals surface area (Å²) >= 11 is 6.20. The lowest BCUT2D eigenvalue weighted by Crippen LogP contribution is -1.93. The standard InChI is InChI=1S/C14H14ClNO/c1-4-5-10-12(15)6-7-13-14(10)11(9(2)17)8-16(13)3/h4,6-8H,1,5H2,2-3H3. The summed E-state index contributed by atoms with van der Waals surface area (Å²) in [7, 11) is 1.93. The number of benzene rings is 1. The molecule has 0 N–H and O–H groups in total. The summed E-state index contributed by atoms with van der Waals surface area (Å²) in [4.78, 5) is 11.7. The molecule has 0 aliphatic carbocycles. The summed E-state index contributed by atoms with van der Waals surface area (Å²) in [5.74, 6) is 0.0585. The van der Waals surface area contributed by atoms with Gasteiger partial charge in [-0.25, -0.2) is 0 Å². The van der Waals surface area contributed by atoms with E-state index in [4.69, 9.17) is 11.6 Å². The van der Waals surface area contributed by atoms with Crippen LogP contribution in [0.15, 0.2) is 31.0 Å². The van der Waals surface area contributed by atoms with Crippen molar-refractivity contribution in [3.05, 3.63) is 47.1 Å². The Morgan fingerprint density at radius 1 is 1.53 bits per heavy atom. The third kappa shape index (κ3) is 1.89. The van der Waals surface area contributed by atoms with Crippen LogP contribution in [0.25, 0.3) is 10.9 Å². The monoisotopic (exact) mass is 247 g/mol. The lowest BCUT2D eigenvalue weighted by molar-refractivity contribution is 0.101. The zero-order chi connectivity index (χ0) is 12.6. The first-order chi connectivity index (χ1) is 8.06. The number of aryl methyl sites for hydroxylation is 1. The van der Waals surface area contributed by atoms with Gasteiger partial charge in [0.1, 0.15) is 0 Å². The number of Topliss-reactive ketones (excluding diaryl/α,β-unsaturated/α-hetero) is 1. The molecule has 1 aromatic carbocycles. The zero-order valence-corrected chi connectivity index (χ0v) is 10.7. The first kappa shape index (κ1) is 11.9. The highest BCUT2D eigenvalue weighted by Crippen LogP contribution is 2.31. The van der Waals surface area contributed by atoms with Gasteiger partial charge in [0.15, 0.2) is 5.78 Å². The Labute approximate surface area is 105 Å². The van der Waals surface area contributed by atoms with Crippen molar-refractivity contribution in [2.45, 2.75) is 13.3 Å². The van der Waals surface area contributed by atoms with Gasteiger partial charge in [-0.05, 0) is 31.0 Å². The van der Waals surface area contributed by atoms with Crippen molar-refractivity contribution in [2.24, 2.45) is 7.05 Å². The predicted octanol–water partition coefficient (Wildman–Crippen LogP) is 3.76. The molecule has 1 aromatic heterocycles. The van der Waals surface area contributed by atoms with Crippen LogP contribution >= 0.6 is 11.6 Å². The van der Waals surface area contributed by atoms with Crippen molar-refractivity contribution >= 4 is 28.3 Å². The maximum absolute atomic E-state index is 11.7. The number of halogens is 1. The summed E-state index contributed by atoms with van der Waals surface area (Å²) in [6.07, 6.45) is 4.33. The number of carbonyl (C=O) groups excluding carboxylic acids is 1. The molecule has 2 nitrogen and oxygen atoms in total. The molecule has 3 heteroatoms. The third-order valence-corrected chi connectivity index (χ3v) is 3.29. The molecule has 1 heterocycles. The van der Waals surface area contributed by atoms with E-state index in [2.05, 4.69) is 6.58 Å². The summed E-state index contributed by atoms with van der Waals surface area (Å²) < 4.78 is 1.95. The normalized spacial score (nSPS) is 10.8. The van der Waals surface area contributed by atoms with Crippen LogP contribution in [0.3, 0.4) is 0 Å². The lowest BCUT2D eigenvalue weighted by atomic mass is 10.0. The molecule has 0 fully saturated rings. The number of ketones is 1. The van der Waals surface area contributed by atoms with Gasteiger partial charge in [0.05, 0.1) is 0 Å². The summed E-state index contributed by atoms with van der Waals surface area (Å²) in [5, 5.41) is 1.64. The van der Waals surface area contributed by atoms with Crippen molar-refractivity contribution < 1.29 is 4.79 Å². The minimum atomic E-state index is 0.0585. The number of rotatable bonds is 3. The highest BCUT2D eigenvalue weighted by Gasteiger charge is 2.15. The number of fused-ring (bicyclic) bond motifs is 1. The van der Waals surface area contributed by atoms with Gasteiger partial charge in [0.2, 0.25) is 0 Å². The van der Waals surface area contributed by atoms with Gasteiger partial charge in [-0.15, -0.1) is 6.58 Å². The van der Waals surface area contributed by atoms with Gasteiger partial charge in [-0.2, -0.15) is 0 Å². The van der Waals surface area contributed by atoms with E-state index >= 15 is 0 Å². The molecule has 17 heavy (non-hydrogen) atoms. The maximum Gasteiger partial charge on any atom is 0.161 e. The SMILES string of the molecule is C=CCc1c(Cl)ccc2c1c(C(C)=O)cn2C. The Hall–Kier alpha value is -1.54. The Morgan fingerprint density at radius 3 is 2.82 bits per heavy atom. The van der Waals surface area contributed by atoms with Crippen molar-refractivity contribution in [1.29, 1.82) is 0 Å². The van der Waals surface area contributed by atoms with Crippen molar-refractivity contribution in [3.8, 4) is 0 Å². The van der Waals surface area contributed by atoms with E-state index in [9.17, 15) is 4.79 Å². The molecule has 88 valence electrons. The summed E-state index contributed by atoms with van der Waals surface area (Å²) in [6.45, 7) is 5.31. The van der Waals surface area contributed by atoms with Crippen LogP contribution in [0, 0.1) is 0 Å². The molecular weight excluding hydrogens is 234 g/mol. The van der Waals surface area contributed by atoms with E-state index in [-0.39, 0.29) is 5.78 Å². The van der Waals surface area contributed by atoms with E-state index in [1.54, 1.807) is 13.0 Å². The van der Waals surface area contributed by atoms with Crippen molar-refractivity contribution in [2.75, 3.05) is 0 Å². The molecule has 0 atom stereocenters.